The first kappa shape index (κ1) is 13.3. The maximum atomic E-state index is 12.2. The van der Waals surface area contributed by atoms with Crippen LogP contribution in [0.4, 0.5) is 13.2 Å². The number of halogens is 4. The molecule has 0 spiro atoms. The molecule has 0 aliphatic heterocycles. The summed E-state index contributed by atoms with van der Waals surface area (Å²) in [6, 6.07) is 0. The van der Waals surface area contributed by atoms with Gasteiger partial charge in [-0.2, -0.15) is 0 Å². The molecule has 0 bridgehead atoms. The molecule has 0 saturated heterocycles. The van der Waals surface area contributed by atoms with Crippen LogP contribution in [-0.4, -0.2) is 18.5 Å². The van der Waals surface area contributed by atoms with Crippen molar-refractivity contribution in [3.63, 3.8) is 0 Å². The molecule has 1 aromatic rings. The summed E-state index contributed by atoms with van der Waals surface area (Å²) in [6.07, 6.45) is -3.56. The summed E-state index contributed by atoms with van der Waals surface area (Å²) >= 11 is 1.75. The van der Waals surface area contributed by atoms with E-state index in [0.717, 1.165) is 0 Å². The van der Waals surface area contributed by atoms with Crippen molar-refractivity contribution in [2.24, 2.45) is 5.73 Å². The summed E-state index contributed by atoms with van der Waals surface area (Å²) in [5.74, 6) is -0.502. The predicted octanol–water partition coefficient (Wildman–Crippen LogP) is 2.05. The molecule has 1 heterocycles. The number of nitrogens with zero attached hydrogens (tertiary/aromatic N) is 1. The van der Waals surface area contributed by atoms with Gasteiger partial charge in [0, 0.05) is 18.3 Å². The first-order valence-electron chi connectivity index (χ1n) is 4.06. The Morgan fingerprint density at radius 3 is 2.50 bits per heavy atom. The zero-order valence-electron chi connectivity index (χ0n) is 8.14. The lowest BCUT2D eigenvalue weighted by Gasteiger charge is -2.16. The average Bonchev–Trinajstić information content (AvgIpc) is 2.16. The Hall–Kier alpha value is -0.770. The highest BCUT2D eigenvalue weighted by molar-refractivity contribution is 14.1. The fraction of sp³-hybridized carbons (Fsp3) is 0.375. The summed E-state index contributed by atoms with van der Waals surface area (Å²) in [7, 11) is 1.24. The van der Waals surface area contributed by atoms with Crippen LogP contribution in [0.2, 0.25) is 0 Å². The maximum absolute atomic E-state index is 12.2. The van der Waals surface area contributed by atoms with Gasteiger partial charge in [0.15, 0.2) is 11.5 Å². The van der Waals surface area contributed by atoms with Crippen molar-refractivity contribution in [3.8, 4) is 11.5 Å². The third-order valence-electron chi connectivity index (χ3n) is 1.66. The fourth-order valence-corrected chi connectivity index (χ4v) is 1.65. The molecule has 2 N–H and O–H groups in total. The van der Waals surface area contributed by atoms with Gasteiger partial charge in [-0.15, -0.1) is 13.2 Å². The molecular weight excluding hydrogens is 340 g/mol. The SMILES string of the molecule is COc1c(I)ncc(CN)c1OC(F)(F)F. The van der Waals surface area contributed by atoms with Gasteiger partial charge in [-0.3, -0.25) is 0 Å². The van der Waals surface area contributed by atoms with Gasteiger partial charge in [0.05, 0.1) is 7.11 Å². The topological polar surface area (TPSA) is 57.4 Å². The minimum atomic E-state index is -4.79. The Kier molecular flexibility index (Phi) is 4.19. The molecule has 1 rings (SSSR count). The quantitative estimate of drug-likeness (QED) is 0.671. The van der Waals surface area contributed by atoms with E-state index in [-0.39, 0.29) is 21.6 Å². The molecule has 0 aliphatic rings. The van der Waals surface area contributed by atoms with E-state index in [9.17, 15) is 13.2 Å². The largest absolute Gasteiger partial charge is 0.573 e. The molecule has 8 heteroatoms. The minimum absolute atomic E-state index is 0.0686. The van der Waals surface area contributed by atoms with Crippen molar-refractivity contribution in [3.05, 3.63) is 15.5 Å². The number of alkyl halides is 3. The molecule has 0 saturated carbocycles. The van der Waals surface area contributed by atoms with Crippen molar-refractivity contribution in [2.75, 3.05) is 7.11 Å². The molecule has 0 unspecified atom stereocenters. The number of hydrogen-bond acceptors (Lipinski definition) is 4. The Morgan fingerprint density at radius 1 is 1.44 bits per heavy atom. The second kappa shape index (κ2) is 5.04. The zero-order chi connectivity index (χ0) is 12.3. The number of hydrogen-bond donors (Lipinski definition) is 1. The summed E-state index contributed by atoms with van der Waals surface area (Å²) in [4.78, 5) is 3.85. The van der Waals surface area contributed by atoms with Crippen LogP contribution >= 0.6 is 22.6 Å². The van der Waals surface area contributed by atoms with Gasteiger partial charge < -0.3 is 15.2 Å². The molecule has 0 fully saturated rings. The van der Waals surface area contributed by atoms with Gasteiger partial charge in [0.1, 0.15) is 3.70 Å². The molecular formula is C8H8F3IN2O2. The summed E-state index contributed by atoms with van der Waals surface area (Å²) in [5.41, 5.74) is 5.43. The lowest BCUT2D eigenvalue weighted by molar-refractivity contribution is -0.275. The van der Waals surface area contributed by atoms with E-state index in [1.165, 1.54) is 13.3 Å². The van der Waals surface area contributed by atoms with Crippen molar-refractivity contribution in [1.29, 1.82) is 0 Å². The van der Waals surface area contributed by atoms with Crippen molar-refractivity contribution >= 4 is 22.6 Å². The van der Waals surface area contributed by atoms with Crippen molar-refractivity contribution in [1.82, 2.24) is 4.98 Å². The van der Waals surface area contributed by atoms with E-state index in [4.69, 9.17) is 10.5 Å². The van der Waals surface area contributed by atoms with Gasteiger partial charge in [-0.25, -0.2) is 4.98 Å². The molecule has 1 aromatic heterocycles. The van der Waals surface area contributed by atoms with E-state index in [2.05, 4.69) is 9.72 Å². The number of aromatic nitrogens is 1. The smallest absolute Gasteiger partial charge is 0.490 e. The number of nitrogens with two attached hydrogens (primary N) is 1. The van der Waals surface area contributed by atoms with E-state index < -0.39 is 12.1 Å². The Balaban J connectivity index is 3.25. The molecule has 90 valence electrons. The van der Waals surface area contributed by atoms with Crippen LogP contribution < -0.4 is 15.2 Å². The van der Waals surface area contributed by atoms with Crippen LogP contribution in [0.3, 0.4) is 0 Å². The fourth-order valence-electron chi connectivity index (χ4n) is 1.04. The Labute approximate surface area is 103 Å². The van der Waals surface area contributed by atoms with Crippen LogP contribution in [0.15, 0.2) is 6.20 Å². The highest BCUT2D eigenvalue weighted by Crippen LogP contribution is 2.37. The van der Waals surface area contributed by atoms with Crippen LogP contribution in [0.25, 0.3) is 0 Å². The molecule has 16 heavy (non-hydrogen) atoms. The summed E-state index contributed by atoms with van der Waals surface area (Å²) in [6.45, 7) is -0.119. The zero-order valence-corrected chi connectivity index (χ0v) is 10.3. The molecule has 0 aliphatic carbocycles. The van der Waals surface area contributed by atoms with Gasteiger partial charge >= 0.3 is 6.36 Å². The van der Waals surface area contributed by atoms with Gasteiger partial charge in [0.25, 0.3) is 0 Å². The average molecular weight is 348 g/mol. The lowest BCUT2D eigenvalue weighted by atomic mass is 10.2. The maximum Gasteiger partial charge on any atom is 0.573 e. The van der Waals surface area contributed by atoms with Gasteiger partial charge in [-0.1, -0.05) is 0 Å². The monoisotopic (exact) mass is 348 g/mol. The molecule has 4 nitrogen and oxygen atoms in total. The van der Waals surface area contributed by atoms with Gasteiger partial charge in [0.2, 0.25) is 0 Å². The van der Waals surface area contributed by atoms with Crippen molar-refractivity contribution in [2.45, 2.75) is 12.9 Å². The van der Waals surface area contributed by atoms with Crippen LogP contribution in [0, 0.1) is 3.70 Å². The Bertz CT molecular complexity index is 384. The van der Waals surface area contributed by atoms with Crippen LogP contribution in [-0.2, 0) is 6.54 Å². The van der Waals surface area contributed by atoms with Crippen LogP contribution in [0.1, 0.15) is 5.56 Å². The normalized spacial score (nSPS) is 11.4. The standard InChI is InChI=1S/C8H8F3IN2O2/c1-15-6-5(16-8(9,10)11)4(2-13)3-14-7(6)12/h3H,2,13H2,1H3. The molecule has 0 atom stereocenters. The third-order valence-corrected chi connectivity index (χ3v) is 2.43. The van der Waals surface area contributed by atoms with E-state index in [1.54, 1.807) is 22.6 Å². The minimum Gasteiger partial charge on any atom is -0.490 e. The molecule has 0 aromatic carbocycles. The van der Waals surface area contributed by atoms with E-state index >= 15 is 0 Å². The summed E-state index contributed by atoms with van der Waals surface area (Å²) in [5, 5.41) is 0. The summed E-state index contributed by atoms with van der Waals surface area (Å²) < 4.78 is 45.5. The second-order valence-electron chi connectivity index (χ2n) is 2.69. The van der Waals surface area contributed by atoms with E-state index in [1.807, 2.05) is 0 Å². The van der Waals surface area contributed by atoms with Gasteiger partial charge in [-0.05, 0) is 22.6 Å². The van der Waals surface area contributed by atoms with Crippen molar-refractivity contribution < 1.29 is 22.6 Å². The molecule has 0 radical (unpaired) electrons. The first-order chi connectivity index (χ1) is 7.39. The Morgan fingerprint density at radius 2 is 2.06 bits per heavy atom. The number of pyridine rings is 1. The second-order valence-corrected chi connectivity index (χ2v) is 3.71. The van der Waals surface area contributed by atoms with Crippen LogP contribution in [0.5, 0.6) is 11.5 Å². The number of rotatable bonds is 3. The molecule has 0 amide bonds. The lowest BCUT2D eigenvalue weighted by Crippen LogP contribution is -2.20. The number of methoxy groups -OCH3 is 1. The predicted molar refractivity (Wildman–Crippen MR) is 58.1 cm³/mol. The van der Waals surface area contributed by atoms with E-state index in [0.29, 0.717) is 0 Å². The third kappa shape index (κ3) is 3.11. The highest BCUT2D eigenvalue weighted by Gasteiger charge is 2.34. The highest BCUT2D eigenvalue weighted by atomic mass is 127. The number of ether oxygens (including phenoxy) is 2. The first-order valence-corrected chi connectivity index (χ1v) is 5.14.